The molecule has 4 heteroatoms. The topological polar surface area (TPSA) is 63.6 Å². The van der Waals surface area contributed by atoms with Crippen molar-refractivity contribution in [1.82, 2.24) is 0 Å². The first-order valence-corrected chi connectivity index (χ1v) is 18.7. The highest BCUT2D eigenvalue weighted by atomic mass is 16.5. The summed E-state index contributed by atoms with van der Waals surface area (Å²) >= 11 is 0. The van der Waals surface area contributed by atoms with Gasteiger partial charge in [0.25, 0.3) is 0 Å². The van der Waals surface area contributed by atoms with Crippen molar-refractivity contribution < 1.29 is 19.4 Å². The lowest BCUT2D eigenvalue weighted by atomic mass is 10.0. The van der Waals surface area contributed by atoms with Gasteiger partial charge in [-0.05, 0) is 64.2 Å². The molecule has 0 spiro atoms. The molecular weight excluding hydrogens is 520 g/mol. The summed E-state index contributed by atoms with van der Waals surface area (Å²) in [6.07, 6.45) is 41.0. The maximum atomic E-state index is 12.6. The predicted octanol–water partition coefficient (Wildman–Crippen LogP) is 12.7. The van der Waals surface area contributed by atoms with Crippen molar-refractivity contribution in [3.8, 4) is 0 Å². The fraction of sp³-hybridized carbons (Fsp3) is 0.895. The number of aliphatic carboxylic acids is 1. The summed E-state index contributed by atoms with van der Waals surface area (Å²) in [5, 5.41) is 8.68. The third-order valence-corrected chi connectivity index (χ3v) is 8.49. The van der Waals surface area contributed by atoms with Crippen LogP contribution >= 0.6 is 0 Å². The molecule has 42 heavy (non-hydrogen) atoms. The Hall–Kier alpha value is -1.32. The number of hydrogen-bond donors (Lipinski definition) is 1. The van der Waals surface area contributed by atoms with Gasteiger partial charge in [0, 0.05) is 12.8 Å². The second-order valence-electron chi connectivity index (χ2n) is 12.8. The summed E-state index contributed by atoms with van der Waals surface area (Å²) < 4.78 is 6.00. The highest BCUT2D eigenvalue weighted by Gasteiger charge is 2.14. The molecular formula is C38H72O4. The van der Waals surface area contributed by atoms with Crippen molar-refractivity contribution in [2.75, 3.05) is 0 Å². The molecule has 4 nitrogen and oxygen atoms in total. The van der Waals surface area contributed by atoms with Crippen LogP contribution in [0.2, 0.25) is 0 Å². The fourth-order valence-electron chi connectivity index (χ4n) is 5.71. The van der Waals surface area contributed by atoms with Gasteiger partial charge in [-0.3, -0.25) is 9.59 Å². The van der Waals surface area contributed by atoms with E-state index in [0.29, 0.717) is 12.8 Å². The van der Waals surface area contributed by atoms with Gasteiger partial charge in [0.2, 0.25) is 0 Å². The molecule has 0 rings (SSSR count). The standard InChI is InChI=1S/C38H72O4/c1-3-5-7-9-10-11-12-13-17-20-23-27-31-35-38(41)42-36(32-28-24-8-6-4-2)33-29-25-21-18-15-14-16-19-22-26-30-34-37(39)40/h11-12,36H,3-10,13-35H2,1-2H3,(H,39,40)/b12-11-. The minimum absolute atomic E-state index is 0.0301. The lowest BCUT2D eigenvalue weighted by molar-refractivity contribution is -0.150. The Morgan fingerprint density at radius 1 is 0.500 bits per heavy atom. The number of unbranched alkanes of at least 4 members (excludes halogenated alkanes) is 23. The van der Waals surface area contributed by atoms with Crippen LogP contribution in [-0.4, -0.2) is 23.1 Å². The molecule has 0 aromatic carbocycles. The second-order valence-corrected chi connectivity index (χ2v) is 12.8. The summed E-state index contributed by atoms with van der Waals surface area (Å²) in [6.45, 7) is 4.52. The Morgan fingerprint density at radius 2 is 0.857 bits per heavy atom. The van der Waals surface area contributed by atoms with Gasteiger partial charge in [0.15, 0.2) is 0 Å². The molecule has 0 aliphatic heterocycles. The molecule has 1 N–H and O–H groups in total. The van der Waals surface area contributed by atoms with Crippen LogP contribution in [0.1, 0.15) is 213 Å². The average Bonchev–Trinajstić information content (AvgIpc) is 2.97. The Bertz CT molecular complexity index is 600. The van der Waals surface area contributed by atoms with E-state index in [1.807, 2.05) is 0 Å². The van der Waals surface area contributed by atoms with Gasteiger partial charge < -0.3 is 9.84 Å². The Labute approximate surface area is 262 Å². The molecule has 0 heterocycles. The highest BCUT2D eigenvalue weighted by molar-refractivity contribution is 5.69. The largest absolute Gasteiger partial charge is 0.481 e. The van der Waals surface area contributed by atoms with Crippen molar-refractivity contribution in [3.05, 3.63) is 12.2 Å². The lowest BCUT2D eigenvalue weighted by Crippen LogP contribution is -2.18. The second kappa shape index (κ2) is 34.2. The van der Waals surface area contributed by atoms with E-state index in [-0.39, 0.29) is 12.1 Å². The zero-order chi connectivity index (χ0) is 30.8. The zero-order valence-corrected chi connectivity index (χ0v) is 28.3. The molecule has 0 saturated carbocycles. The van der Waals surface area contributed by atoms with Gasteiger partial charge in [-0.2, -0.15) is 0 Å². The van der Waals surface area contributed by atoms with Crippen LogP contribution in [0, 0.1) is 0 Å². The number of carboxylic acid groups (broad SMARTS) is 1. The van der Waals surface area contributed by atoms with Crippen LogP contribution < -0.4 is 0 Å². The minimum atomic E-state index is -0.671. The van der Waals surface area contributed by atoms with Crippen LogP contribution in [0.3, 0.4) is 0 Å². The minimum Gasteiger partial charge on any atom is -0.481 e. The number of carboxylic acids is 1. The average molecular weight is 593 g/mol. The van der Waals surface area contributed by atoms with Gasteiger partial charge in [0.1, 0.15) is 6.10 Å². The van der Waals surface area contributed by atoms with Crippen molar-refractivity contribution in [1.29, 1.82) is 0 Å². The Morgan fingerprint density at radius 3 is 1.31 bits per heavy atom. The molecule has 0 aliphatic carbocycles. The summed E-state index contributed by atoms with van der Waals surface area (Å²) in [6, 6.07) is 0. The molecule has 0 aromatic heterocycles. The summed E-state index contributed by atoms with van der Waals surface area (Å²) in [7, 11) is 0. The fourth-order valence-corrected chi connectivity index (χ4v) is 5.71. The number of carbonyl (C=O) groups excluding carboxylic acids is 1. The number of hydrogen-bond acceptors (Lipinski definition) is 3. The first kappa shape index (κ1) is 40.7. The maximum absolute atomic E-state index is 12.6. The Kier molecular flexibility index (Phi) is 33.1. The monoisotopic (exact) mass is 593 g/mol. The molecule has 0 amide bonds. The van der Waals surface area contributed by atoms with E-state index in [0.717, 1.165) is 38.5 Å². The van der Waals surface area contributed by atoms with Gasteiger partial charge >= 0.3 is 11.9 Å². The van der Waals surface area contributed by atoms with E-state index in [2.05, 4.69) is 26.0 Å². The molecule has 1 unspecified atom stereocenters. The molecule has 0 aliphatic rings. The quantitative estimate of drug-likeness (QED) is 0.0458. The van der Waals surface area contributed by atoms with E-state index in [1.54, 1.807) is 0 Å². The molecule has 0 radical (unpaired) electrons. The van der Waals surface area contributed by atoms with Crippen LogP contribution in [0.5, 0.6) is 0 Å². The van der Waals surface area contributed by atoms with Crippen molar-refractivity contribution in [2.45, 2.75) is 219 Å². The molecule has 0 aromatic rings. The van der Waals surface area contributed by atoms with Gasteiger partial charge in [-0.25, -0.2) is 0 Å². The third-order valence-electron chi connectivity index (χ3n) is 8.49. The predicted molar refractivity (Wildman–Crippen MR) is 181 cm³/mol. The van der Waals surface area contributed by atoms with Crippen LogP contribution in [0.15, 0.2) is 12.2 Å². The van der Waals surface area contributed by atoms with Gasteiger partial charge in [-0.15, -0.1) is 0 Å². The maximum Gasteiger partial charge on any atom is 0.306 e. The van der Waals surface area contributed by atoms with E-state index in [4.69, 9.17) is 9.84 Å². The van der Waals surface area contributed by atoms with Gasteiger partial charge in [-0.1, -0.05) is 148 Å². The van der Waals surface area contributed by atoms with E-state index < -0.39 is 5.97 Å². The lowest BCUT2D eigenvalue weighted by Gasteiger charge is -2.18. The van der Waals surface area contributed by atoms with Gasteiger partial charge in [0.05, 0.1) is 0 Å². The number of allylic oxidation sites excluding steroid dienone is 2. The first-order valence-electron chi connectivity index (χ1n) is 18.7. The van der Waals surface area contributed by atoms with Crippen molar-refractivity contribution in [3.63, 3.8) is 0 Å². The zero-order valence-electron chi connectivity index (χ0n) is 28.3. The third kappa shape index (κ3) is 33.2. The van der Waals surface area contributed by atoms with Crippen LogP contribution in [0.25, 0.3) is 0 Å². The summed E-state index contributed by atoms with van der Waals surface area (Å²) in [5.41, 5.74) is 0. The van der Waals surface area contributed by atoms with E-state index in [9.17, 15) is 9.59 Å². The molecule has 248 valence electrons. The number of rotatable bonds is 34. The molecule has 0 saturated heterocycles. The normalized spacial score (nSPS) is 12.2. The Balaban J connectivity index is 3.89. The number of carbonyl (C=O) groups is 2. The first-order chi connectivity index (χ1) is 20.6. The highest BCUT2D eigenvalue weighted by Crippen LogP contribution is 2.19. The smallest absolute Gasteiger partial charge is 0.306 e. The van der Waals surface area contributed by atoms with Crippen molar-refractivity contribution in [2.24, 2.45) is 0 Å². The molecule has 0 bridgehead atoms. The van der Waals surface area contributed by atoms with Crippen LogP contribution in [-0.2, 0) is 14.3 Å². The summed E-state index contributed by atoms with van der Waals surface area (Å²) in [5.74, 6) is -0.641. The number of esters is 1. The number of ether oxygens (including phenoxy) is 1. The van der Waals surface area contributed by atoms with E-state index in [1.165, 1.54) is 148 Å². The van der Waals surface area contributed by atoms with Crippen LogP contribution in [0.4, 0.5) is 0 Å². The molecule has 0 fully saturated rings. The van der Waals surface area contributed by atoms with Crippen molar-refractivity contribution >= 4 is 11.9 Å². The van der Waals surface area contributed by atoms with E-state index >= 15 is 0 Å². The summed E-state index contributed by atoms with van der Waals surface area (Å²) in [4.78, 5) is 23.1. The SMILES string of the molecule is CCCCCC/C=C\CCCCCCCC(=O)OC(CCCCCCC)CCCCCCCCCCCCCC(=O)O. The molecule has 1 atom stereocenters.